The van der Waals surface area contributed by atoms with Gasteiger partial charge in [0.05, 0.1) is 12.2 Å². The number of rotatable bonds is 0. The van der Waals surface area contributed by atoms with Crippen LogP contribution in [0.1, 0.15) is 58.8 Å². The van der Waals surface area contributed by atoms with Crippen LogP contribution >= 0.6 is 0 Å². The minimum atomic E-state index is -0.0422. The Labute approximate surface area is 134 Å². The molecule has 0 radical (unpaired) electrons. The molecule has 2 bridgehead atoms. The molecule has 3 heteroatoms. The Morgan fingerprint density at radius 1 is 1.09 bits per heavy atom. The number of hydrogen-bond acceptors (Lipinski definition) is 3. The summed E-state index contributed by atoms with van der Waals surface area (Å²) in [6, 6.07) is 0. The first kappa shape index (κ1) is 14.2. The first-order valence-corrected chi connectivity index (χ1v) is 9.57. The molecule has 2 saturated heterocycles. The van der Waals surface area contributed by atoms with E-state index in [2.05, 4.69) is 19.2 Å². The van der Waals surface area contributed by atoms with Crippen molar-refractivity contribution in [2.45, 2.75) is 77.2 Å². The van der Waals surface area contributed by atoms with Crippen molar-refractivity contribution in [2.24, 2.45) is 34.5 Å². The summed E-state index contributed by atoms with van der Waals surface area (Å²) in [5, 5.41) is 13.9. The number of ether oxygens (including phenoxy) is 1. The Balaban J connectivity index is 1.50. The van der Waals surface area contributed by atoms with Crippen molar-refractivity contribution in [3.63, 3.8) is 0 Å². The first-order valence-electron chi connectivity index (χ1n) is 9.57. The number of aliphatic hydroxyl groups excluding tert-OH is 1. The van der Waals surface area contributed by atoms with Gasteiger partial charge in [-0.1, -0.05) is 13.8 Å². The van der Waals surface area contributed by atoms with Gasteiger partial charge >= 0.3 is 0 Å². The minimum Gasteiger partial charge on any atom is -0.393 e. The molecule has 0 aromatic rings. The van der Waals surface area contributed by atoms with E-state index in [4.69, 9.17) is 4.74 Å². The van der Waals surface area contributed by atoms with Crippen LogP contribution in [0, 0.1) is 34.5 Å². The average Bonchev–Trinajstić information content (AvgIpc) is 3.02. The highest BCUT2D eigenvalue weighted by atomic mass is 16.5. The maximum Gasteiger partial charge on any atom is 0.108 e. The zero-order valence-corrected chi connectivity index (χ0v) is 14.1. The van der Waals surface area contributed by atoms with Gasteiger partial charge in [0, 0.05) is 12.0 Å². The molecule has 0 aromatic carbocycles. The number of hydrogen-bond donors (Lipinski definition) is 2. The first-order chi connectivity index (χ1) is 10.5. The Hall–Kier alpha value is -0.120. The van der Waals surface area contributed by atoms with Gasteiger partial charge in [-0.25, -0.2) is 0 Å². The molecule has 3 nitrogen and oxygen atoms in total. The SMILES string of the molecule is C[C@]12CC[C@H]3[C@@H](CC[C@H]4CC5NC[C@H](O5)[C@@]43C)[C@@H]1C[C@H](O)C2. The molecule has 2 aliphatic heterocycles. The maximum atomic E-state index is 10.3. The van der Waals surface area contributed by atoms with Crippen molar-refractivity contribution < 1.29 is 9.84 Å². The van der Waals surface area contributed by atoms with E-state index in [0.29, 0.717) is 23.2 Å². The third-order valence-electron chi connectivity index (χ3n) is 8.76. The highest BCUT2D eigenvalue weighted by Crippen LogP contribution is 2.66. The van der Waals surface area contributed by atoms with Crippen LogP contribution in [0.15, 0.2) is 0 Å². The average molecular weight is 305 g/mol. The van der Waals surface area contributed by atoms with E-state index in [1.165, 1.54) is 32.1 Å². The van der Waals surface area contributed by atoms with E-state index in [0.717, 1.165) is 43.1 Å². The van der Waals surface area contributed by atoms with Gasteiger partial charge in [0.1, 0.15) is 6.23 Å². The topological polar surface area (TPSA) is 41.5 Å². The van der Waals surface area contributed by atoms with Crippen LogP contribution in [-0.4, -0.2) is 30.1 Å². The van der Waals surface area contributed by atoms with Crippen LogP contribution in [0.2, 0.25) is 0 Å². The van der Waals surface area contributed by atoms with Crippen LogP contribution < -0.4 is 5.32 Å². The molecule has 0 spiro atoms. The lowest BCUT2D eigenvalue weighted by molar-refractivity contribution is -0.190. The summed E-state index contributed by atoms with van der Waals surface area (Å²) >= 11 is 0. The molecule has 124 valence electrons. The van der Waals surface area contributed by atoms with E-state index in [-0.39, 0.29) is 6.10 Å². The zero-order chi connectivity index (χ0) is 15.1. The second kappa shape index (κ2) is 4.49. The molecule has 5 rings (SSSR count). The van der Waals surface area contributed by atoms with E-state index in [1.807, 2.05) is 0 Å². The Bertz CT molecular complexity index is 482. The lowest BCUT2D eigenvalue weighted by atomic mass is 9.46. The summed E-state index contributed by atoms with van der Waals surface area (Å²) in [6.45, 7) is 6.07. The van der Waals surface area contributed by atoms with Crippen molar-refractivity contribution in [1.29, 1.82) is 0 Å². The van der Waals surface area contributed by atoms with Gasteiger partial charge in [-0.05, 0) is 74.0 Å². The summed E-state index contributed by atoms with van der Waals surface area (Å²) in [5.41, 5.74) is 0.785. The summed E-state index contributed by atoms with van der Waals surface area (Å²) < 4.78 is 6.32. The van der Waals surface area contributed by atoms with Crippen molar-refractivity contribution >= 4 is 0 Å². The quantitative estimate of drug-likeness (QED) is 0.723. The molecule has 3 saturated carbocycles. The third kappa shape index (κ3) is 1.68. The highest BCUT2D eigenvalue weighted by molar-refractivity contribution is 5.12. The van der Waals surface area contributed by atoms with E-state index in [1.54, 1.807) is 0 Å². The molecule has 9 atom stereocenters. The largest absolute Gasteiger partial charge is 0.393 e. The standard InChI is InChI=1S/C19H31NO2/c1-18-6-5-14-13(15(18)8-12(21)9-18)4-3-11-7-17-20-10-16(22-17)19(11,14)2/h11-17,20-21H,3-10H2,1-2H3/t11-,12-,13+,14-,15-,16-,17?,18+,19-/m0/s1. The molecular formula is C19H31NO2. The lowest BCUT2D eigenvalue weighted by Crippen LogP contribution is -2.58. The van der Waals surface area contributed by atoms with Crippen molar-refractivity contribution in [3.05, 3.63) is 0 Å². The predicted molar refractivity (Wildman–Crippen MR) is 85.2 cm³/mol. The van der Waals surface area contributed by atoms with Crippen LogP contribution in [0.5, 0.6) is 0 Å². The van der Waals surface area contributed by atoms with Gasteiger partial charge in [-0.2, -0.15) is 0 Å². The second-order valence-electron chi connectivity index (χ2n) is 9.56. The van der Waals surface area contributed by atoms with Crippen molar-refractivity contribution in [1.82, 2.24) is 5.32 Å². The molecular weight excluding hydrogens is 274 g/mol. The van der Waals surface area contributed by atoms with Gasteiger partial charge in [0.25, 0.3) is 0 Å². The number of fused-ring (bicyclic) bond motifs is 8. The molecule has 0 amide bonds. The van der Waals surface area contributed by atoms with Gasteiger partial charge in [-0.3, -0.25) is 5.32 Å². The molecule has 1 unspecified atom stereocenters. The van der Waals surface area contributed by atoms with Crippen molar-refractivity contribution in [3.8, 4) is 0 Å². The number of aliphatic hydroxyl groups is 1. The van der Waals surface area contributed by atoms with E-state index in [9.17, 15) is 5.11 Å². The molecule has 3 aliphatic carbocycles. The van der Waals surface area contributed by atoms with Gasteiger partial charge < -0.3 is 9.84 Å². The Kier molecular flexibility index (Phi) is 2.91. The fourth-order valence-corrected chi connectivity index (χ4v) is 7.66. The van der Waals surface area contributed by atoms with E-state index < -0.39 is 0 Å². The van der Waals surface area contributed by atoms with Crippen LogP contribution in [0.25, 0.3) is 0 Å². The lowest BCUT2D eigenvalue weighted by Gasteiger charge is -2.61. The normalized spacial score (nSPS) is 63.1. The van der Waals surface area contributed by atoms with Crippen LogP contribution in [-0.2, 0) is 4.74 Å². The molecule has 5 aliphatic rings. The Morgan fingerprint density at radius 3 is 2.82 bits per heavy atom. The smallest absolute Gasteiger partial charge is 0.108 e. The predicted octanol–water partition coefficient (Wildman–Crippen LogP) is 2.92. The second-order valence-corrected chi connectivity index (χ2v) is 9.56. The summed E-state index contributed by atoms with van der Waals surface area (Å²) in [5.74, 6) is 3.26. The summed E-state index contributed by atoms with van der Waals surface area (Å²) in [6.07, 6.45) is 9.52. The fourth-order valence-electron chi connectivity index (χ4n) is 7.66. The zero-order valence-electron chi connectivity index (χ0n) is 14.1. The van der Waals surface area contributed by atoms with Gasteiger partial charge in [-0.15, -0.1) is 0 Å². The Morgan fingerprint density at radius 2 is 1.95 bits per heavy atom. The minimum absolute atomic E-state index is 0.0422. The van der Waals surface area contributed by atoms with Crippen LogP contribution in [0.3, 0.4) is 0 Å². The molecule has 2 N–H and O–H groups in total. The monoisotopic (exact) mass is 305 g/mol. The fraction of sp³-hybridized carbons (Fsp3) is 1.00. The van der Waals surface area contributed by atoms with Crippen molar-refractivity contribution in [2.75, 3.05) is 6.54 Å². The maximum absolute atomic E-state index is 10.3. The molecule has 0 aromatic heterocycles. The van der Waals surface area contributed by atoms with Crippen LogP contribution in [0.4, 0.5) is 0 Å². The van der Waals surface area contributed by atoms with Gasteiger partial charge in [0.2, 0.25) is 0 Å². The molecule has 2 heterocycles. The van der Waals surface area contributed by atoms with Gasteiger partial charge in [0.15, 0.2) is 0 Å². The molecule has 5 fully saturated rings. The molecule has 22 heavy (non-hydrogen) atoms. The highest BCUT2D eigenvalue weighted by Gasteiger charge is 2.63. The summed E-state index contributed by atoms with van der Waals surface area (Å²) in [7, 11) is 0. The third-order valence-corrected chi connectivity index (χ3v) is 8.76. The summed E-state index contributed by atoms with van der Waals surface area (Å²) in [4.78, 5) is 0. The number of nitrogens with one attached hydrogen (secondary N) is 1. The van der Waals surface area contributed by atoms with E-state index >= 15 is 0 Å².